The van der Waals surface area contributed by atoms with Gasteiger partial charge in [0, 0.05) is 21.0 Å². The fourth-order valence-corrected chi connectivity index (χ4v) is 3.64. The number of hydrogen-bond donors (Lipinski definition) is 1. The van der Waals surface area contributed by atoms with Crippen molar-refractivity contribution in [2.45, 2.75) is 11.8 Å². The number of fused-ring (bicyclic) bond motifs is 1. The smallest absolute Gasteiger partial charge is 0.234 e. The number of carbonyl (C=O) groups is 1. The van der Waals surface area contributed by atoms with E-state index in [0.717, 1.165) is 15.7 Å². The van der Waals surface area contributed by atoms with Crippen LogP contribution in [0, 0.1) is 12.7 Å². The Morgan fingerprint density at radius 3 is 2.67 bits per heavy atom. The molecule has 24 heavy (non-hydrogen) atoms. The predicted molar refractivity (Wildman–Crippen MR) is 99.4 cm³/mol. The first-order chi connectivity index (χ1) is 11.5. The molecule has 5 heteroatoms. The van der Waals surface area contributed by atoms with Crippen molar-refractivity contribution in [3.63, 3.8) is 0 Å². The van der Waals surface area contributed by atoms with Gasteiger partial charge in [0.2, 0.25) is 5.91 Å². The molecule has 0 unspecified atom stereocenters. The van der Waals surface area contributed by atoms with Gasteiger partial charge in [-0.1, -0.05) is 41.9 Å². The van der Waals surface area contributed by atoms with Crippen molar-refractivity contribution in [2.75, 3.05) is 11.1 Å². The van der Waals surface area contributed by atoms with Crippen LogP contribution in [0.5, 0.6) is 0 Å². The summed E-state index contributed by atoms with van der Waals surface area (Å²) in [6, 6.07) is 16.2. The highest BCUT2D eigenvalue weighted by Gasteiger charge is 2.09. The monoisotopic (exact) mass is 359 g/mol. The lowest BCUT2D eigenvalue weighted by Crippen LogP contribution is -2.14. The average Bonchev–Trinajstić information content (AvgIpc) is 2.56. The zero-order valence-electron chi connectivity index (χ0n) is 13.0. The molecule has 1 N–H and O–H groups in total. The second-order valence-electron chi connectivity index (χ2n) is 5.39. The Labute approximate surface area is 149 Å². The van der Waals surface area contributed by atoms with E-state index in [1.165, 1.54) is 17.8 Å². The summed E-state index contributed by atoms with van der Waals surface area (Å²) in [6.07, 6.45) is 0. The van der Waals surface area contributed by atoms with Crippen LogP contribution in [-0.2, 0) is 4.79 Å². The van der Waals surface area contributed by atoms with Crippen LogP contribution in [0.2, 0.25) is 5.02 Å². The maximum absolute atomic E-state index is 13.5. The number of rotatable bonds is 4. The molecule has 0 saturated heterocycles. The van der Waals surface area contributed by atoms with Gasteiger partial charge < -0.3 is 5.32 Å². The van der Waals surface area contributed by atoms with E-state index < -0.39 is 0 Å². The van der Waals surface area contributed by atoms with Gasteiger partial charge in [-0.15, -0.1) is 11.8 Å². The van der Waals surface area contributed by atoms with Crippen molar-refractivity contribution in [1.82, 2.24) is 0 Å². The highest BCUT2D eigenvalue weighted by atomic mass is 35.5. The Balaban J connectivity index is 1.71. The van der Waals surface area contributed by atoms with E-state index in [2.05, 4.69) is 5.32 Å². The van der Waals surface area contributed by atoms with Gasteiger partial charge in [0.05, 0.1) is 5.75 Å². The van der Waals surface area contributed by atoms with Crippen molar-refractivity contribution in [3.05, 3.63) is 71.0 Å². The van der Waals surface area contributed by atoms with Crippen molar-refractivity contribution >= 4 is 45.7 Å². The van der Waals surface area contributed by atoms with E-state index in [4.69, 9.17) is 11.6 Å². The molecular weight excluding hydrogens is 345 g/mol. The first-order valence-electron chi connectivity index (χ1n) is 7.40. The summed E-state index contributed by atoms with van der Waals surface area (Å²) in [4.78, 5) is 13.1. The summed E-state index contributed by atoms with van der Waals surface area (Å²) in [5, 5.41) is 5.35. The molecule has 122 valence electrons. The van der Waals surface area contributed by atoms with Gasteiger partial charge in [-0.2, -0.15) is 0 Å². The van der Waals surface area contributed by atoms with Crippen LogP contribution in [0.25, 0.3) is 10.8 Å². The molecule has 0 aliphatic carbocycles. The molecule has 3 rings (SSSR count). The molecule has 0 atom stereocenters. The summed E-state index contributed by atoms with van der Waals surface area (Å²) in [7, 11) is 0. The molecule has 0 bridgehead atoms. The summed E-state index contributed by atoms with van der Waals surface area (Å²) in [5.74, 6) is -0.298. The van der Waals surface area contributed by atoms with E-state index >= 15 is 0 Å². The molecular formula is C19H15ClFNOS. The van der Waals surface area contributed by atoms with Gasteiger partial charge in [-0.05, 0) is 42.1 Å². The quantitative estimate of drug-likeness (QED) is 0.608. The Morgan fingerprint density at radius 2 is 1.92 bits per heavy atom. The molecule has 3 aromatic carbocycles. The number of aryl methyl sites for hydroxylation is 1. The van der Waals surface area contributed by atoms with Gasteiger partial charge in [0.15, 0.2) is 0 Å². The Morgan fingerprint density at radius 1 is 1.17 bits per heavy atom. The molecule has 0 aromatic heterocycles. The first-order valence-corrected chi connectivity index (χ1v) is 8.77. The minimum Gasteiger partial charge on any atom is -0.325 e. The molecule has 0 fully saturated rings. The minimum absolute atomic E-state index is 0.188. The van der Waals surface area contributed by atoms with Crippen LogP contribution in [0.3, 0.4) is 0 Å². The van der Waals surface area contributed by atoms with Crippen LogP contribution < -0.4 is 5.32 Å². The largest absolute Gasteiger partial charge is 0.325 e. The van der Waals surface area contributed by atoms with Crippen molar-refractivity contribution in [2.24, 2.45) is 0 Å². The molecule has 0 saturated carbocycles. The third kappa shape index (κ3) is 3.71. The van der Waals surface area contributed by atoms with Crippen LogP contribution in [-0.4, -0.2) is 11.7 Å². The number of thioether (sulfide) groups is 1. The van der Waals surface area contributed by atoms with Gasteiger partial charge in [0.25, 0.3) is 0 Å². The van der Waals surface area contributed by atoms with Crippen LogP contribution in [0.4, 0.5) is 10.1 Å². The molecule has 2 nitrogen and oxygen atoms in total. The number of carbonyl (C=O) groups excluding carboxylic acids is 1. The zero-order valence-corrected chi connectivity index (χ0v) is 14.5. The highest BCUT2D eigenvalue weighted by Crippen LogP contribution is 2.33. The number of amides is 1. The number of benzene rings is 3. The lowest BCUT2D eigenvalue weighted by molar-refractivity contribution is -0.113. The van der Waals surface area contributed by atoms with Gasteiger partial charge in [0.1, 0.15) is 5.82 Å². The van der Waals surface area contributed by atoms with Crippen LogP contribution in [0.15, 0.2) is 59.5 Å². The normalized spacial score (nSPS) is 10.8. The van der Waals surface area contributed by atoms with E-state index in [-0.39, 0.29) is 17.5 Å². The number of halogens is 2. The van der Waals surface area contributed by atoms with E-state index in [0.29, 0.717) is 16.3 Å². The molecule has 0 spiro atoms. The summed E-state index contributed by atoms with van der Waals surface area (Å²) in [5.41, 5.74) is 1.01. The summed E-state index contributed by atoms with van der Waals surface area (Å²) >= 11 is 7.69. The molecule has 1 amide bonds. The summed E-state index contributed by atoms with van der Waals surface area (Å²) < 4.78 is 13.5. The molecule has 3 aromatic rings. The maximum Gasteiger partial charge on any atom is 0.234 e. The average molecular weight is 360 g/mol. The van der Waals surface area contributed by atoms with E-state index in [9.17, 15) is 9.18 Å². The molecule has 0 aliphatic heterocycles. The Bertz CT molecular complexity index is 908. The minimum atomic E-state index is -0.332. The zero-order chi connectivity index (χ0) is 17.1. The third-order valence-electron chi connectivity index (χ3n) is 3.63. The Kier molecular flexibility index (Phi) is 5.07. The Hall–Kier alpha value is -2.04. The second kappa shape index (κ2) is 7.24. The van der Waals surface area contributed by atoms with Gasteiger partial charge in [-0.25, -0.2) is 4.39 Å². The van der Waals surface area contributed by atoms with Crippen molar-refractivity contribution in [1.29, 1.82) is 0 Å². The second-order valence-corrected chi connectivity index (χ2v) is 6.82. The maximum atomic E-state index is 13.5. The highest BCUT2D eigenvalue weighted by molar-refractivity contribution is 8.00. The number of hydrogen-bond acceptors (Lipinski definition) is 2. The lowest BCUT2D eigenvalue weighted by atomic mass is 10.1. The van der Waals surface area contributed by atoms with E-state index in [1.54, 1.807) is 19.1 Å². The fraction of sp³-hybridized carbons (Fsp3) is 0.105. The number of nitrogens with one attached hydrogen (secondary N) is 1. The standard InChI is InChI=1S/C19H15ClFNOS/c1-12-8-9-14(10-16(12)21)22-18(23)11-24-17-7-3-5-13-4-2-6-15(20)19(13)17/h2-10H,11H2,1H3,(H,22,23). The first kappa shape index (κ1) is 16.8. The van der Waals surface area contributed by atoms with E-state index in [1.807, 2.05) is 36.4 Å². The molecule has 0 radical (unpaired) electrons. The topological polar surface area (TPSA) is 29.1 Å². The summed E-state index contributed by atoms with van der Waals surface area (Å²) in [6.45, 7) is 1.68. The molecule has 0 heterocycles. The van der Waals surface area contributed by atoms with Crippen LogP contribution >= 0.6 is 23.4 Å². The van der Waals surface area contributed by atoms with Gasteiger partial charge in [-0.3, -0.25) is 4.79 Å². The number of anilines is 1. The van der Waals surface area contributed by atoms with Crippen molar-refractivity contribution in [3.8, 4) is 0 Å². The third-order valence-corrected chi connectivity index (χ3v) is 5.00. The van der Waals surface area contributed by atoms with Crippen molar-refractivity contribution < 1.29 is 9.18 Å². The predicted octanol–water partition coefficient (Wildman–Crippen LogP) is 5.67. The lowest BCUT2D eigenvalue weighted by Gasteiger charge is -2.09. The molecule has 0 aliphatic rings. The van der Waals surface area contributed by atoms with Gasteiger partial charge >= 0.3 is 0 Å². The van der Waals surface area contributed by atoms with Crippen LogP contribution in [0.1, 0.15) is 5.56 Å². The SMILES string of the molecule is Cc1ccc(NC(=O)CSc2cccc3cccc(Cl)c23)cc1F. The fourth-order valence-electron chi connectivity index (χ4n) is 2.39.